The predicted octanol–water partition coefficient (Wildman–Crippen LogP) is 4.10. The molecule has 4 aromatic rings. The summed E-state index contributed by atoms with van der Waals surface area (Å²) in [6.07, 6.45) is 0. The zero-order valence-corrected chi connectivity index (χ0v) is 22.2. The molecule has 2 N–H and O–H groups in total. The Morgan fingerprint density at radius 3 is 2.57 bits per heavy atom. The lowest BCUT2D eigenvalue weighted by molar-refractivity contribution is -0.113. The van der Waals surface area contributed by atoms with Crippen molar-refractivity contribution >= 4 is 40.0 Å². The molecule has 0 atom stereocenters. The van der Waals surface area contributed by atoms with E-state index in [9.17, 15) is 9.59 Å². The van der Waals surface area contributed by atoms with E-state index in [0.29, 0.717) is 39.7 Å². The van der Waals surface area contributed by atoms with E-state index < -0.39 is 0 Å². The Hall–Kier alpha value is -3.90. The number of thiazole rings is 1. The van der Waals surface area contributed by atoms with Crippen LogP contribution in [0.2, 0.25) is 0 Å². The van der Waals surface area contributed by atoms with Gasteiger partial charge in [-0.3, -0.25) is 9.59 Å². The number of rotatable bonds is 11. The Morgan fingerprint density at radius 2 is 1.84 bits per heavy atom. The third-order valence-electron chi connectivity index (χ3n) is 5.31. The number of benzene rings is 2. The van der Waals surface area contributed by atoms with E-state index in [0.717, 1.165) is 11.3 Å². The van der Waals surface area contributed by atoms with Crippen LogP contribution in [0.4, 0.5) is 5.13 Å². The Balaban J connectivity index is 1.32. The molecule has 0 aliphatic carbocycles. The van der Waals surface area contributed by atoms with E-state index in [2.05, 4.69) is 25.8 Å². The first-order valence-corrected chi connectivity index (χ1v) is 13.2. The largest absolute Gasteiger partial charge is 0.493 e. The Labute approximate surface area is 222 Å². The van der Waals surface area contributed by atoms with Crippen molar-refractivity contribution in [3.8, 4) is 22.8 Å². The topological polar surface area (TPSA) is 120 Å². The second-order valence-electron chi connectivity index (χ2n) is 7.64. The Kier molecular flexibility index (Phi) is 8.75. The molecule has 0 radical (unpaired) electrons. The number of anilines is 1. The van der Waals surface area contributed by atoms with Crippen LogP contribution in [0.15, 0.2) is 59.1 Å². The zero-order chi connectivity index (χ0) is 26.2. The van der Waals surface area contributed by atoms with Gasteiger partial charge in [-0.2, -0.15) is 0 Å². The van der Waals surface area contributed by atoms with Crippen LogP contribution in [0, 0.1) is 0 Å². The number of thioether (sulfide) groups is 1. The number of nitrogens with zero attached hydrogens (tertiary/aromatic N) is 4. The van der Waals surface area contributed by atoms with Gasteiger partial charge in [0, 0.05) is 23.1 Å². The molecular formula is C25H26N6O4S2. The van der Waals surface area contributed by atoms with Gasteiger partial charge in [-0.1, -0.05) is 42.1 Å². The number of methoxy groups -OCH3 is 2. The first-order valence-electron chi connectivity index (χ1n) is 11.4. The molecule has 0 aliphatic rings. The lowest BCUT2D eigenvalue weighted by Gasteiger charge is -2.11. The second-order valence-corrected chi connectivity index (χ2v) is 9.44. The third kappa shape index (κ3) is 6.46. The van der Waals surface area contributed by atoms with Gasteiger partial charge in [0.1, 0.15) is 0 Å². The molecule has 10 nitrogen and oxygen atoms in total. The quantitative estimate of drug-likeness (QED) is 0.274. The van der Waals surface area contributed by atoms with E-state index in [-0.39, 0.29) is 24.1 Å². The van der Waals surface area contributed by atoms with E-state index >= 15 is 0 Å². The standard InChI is InChI=1S/C25H26N6O4S2/c1-4-31-21(13-26-23(33)17-10-11-19(34-2)20(12-17)35-3)29-30-25(31)37-15-22(32)28-24-27-18(14-36-24)16-8-6-5-7-9-16/h5-12,14H,4,13,15H2,1-3H3,(H,26,33)(H,27,28,32). The predicted molar refractivity (Wildman–Crippen MR) is 143 cm³/mol. The summed E-state index contributed by atoms with van der Waals surface area (Å²) in [5.74, 6) is 1.29. The molecule has 0 spiro atoms. The molecule has 0 bridgehead atoms. The maximum absolute atomic E-state index is 12.6. The summed E-state index contributed by atoms with van der Waals surface area (Å²) in [5, 5.41) is 17.1. The van der Waals surface area contributed by atoms with Crippen molar-refractivity contribution in [1.82, 2.24) is 25.1 Å². The molecule has 4 rings (SSSR count). The summed E-state index contributed by atoms with van der Waals surface area (Å²) in [7, 11) is 3.05. The van der Waals surface area contributed by atoms with Gasteiger partial charge in [-0.05, 0) is 25.1 Å². The molecule has 0 saturated carbocycles. The van der Waals surface area contributed by atoms with Crippen molar-refractivity contribution in [3.05, 3.63) is 65.3 Å². The molecule has 192 valence electrons. The van der Waals surface area contributed by atoms with Crippen LogP contribution in [0.25, 0.3) is 11.3 Å². The van der Waals surface area contributed by atoms with Gasteiger partial charge < -0.3 is 24.7 Å². The molecule has 2 aromatic heterocycles. The average molecular weight is 539 g/mol. The molecular weight excluding hydrogens is 512 g/mol. The van der Waals surface area contributed by atoms with Gasteiger partial charge in [0.05, 0.1) is 32.2 Å². The van der Waals surface area contributed by atoms with Crippen LogP contribution in [0.1, 0.15) is 23.1 Å². The monoisotopic (exact) mass is 538 g/mol. The molecule has 0 fully saturated rings. The lowest BCUT2D eigenvalue weighted by atomic mass is 10.2. The minimum absolute atomic E-state index is 0.149. The highest BCUT2D eigenvalue weighted by molar-refractivity contribution is 7.99. The summed E-state index contributed by atoms with van der Waals surface area (Å²) < 4.78 is 12.3. The van der Waals surface area contributed by atoms with Gasteiger partial charge in [-0.15, -0.1) is 21.5 Å². The summed E-state index contributed by atoms with van der Waals surface area (Å²) >= 11 is 2.65. The summed E-state index contributed by atoms with van der Waals surface area (Å²) in [6.45, 7) is 2.72. The smallest absolute Gasteiger partial charge is 0.251 e. The summed E-state index contributed by atoms with van der Waals surface area (Å²) in [4.78, 5) is 29.6. The van der Waals surface area contributed by atoms with E-state index in [4.69, 9.17) is 9.47 Å². The lowest BCUT2D eigenvalue weighted by Crippen LogP contribution is -2.25. The molecule has 0 unspecified atom stereocenters. The van der Waals surface area contributed by atoms with Crippen molar-refractivity contribution in [3.63, 3.8) is 0 Å². The number of aromatic nitrogens is 4. The van der Waals surface area contributed by atoms with Crippen molar-refractivity contribution in [2.45, 2.75) is 25.2 Å². The van der Waals surface area contributed by atoms with Crippen LogP contribution in [0.3, 0.4) is 0 Å². The van der Waals surface area contributed by atoms with E-state index in [1.54, 1.807) is 18.2 Å². The summed E-state index contributed by atoms with van der Waals surface area (Å²) in [5.41, 5.74) is 2.25. The van der Waals surface area contributed by atoms with E-state index in [1.807, 2.05) is 47.2 Å². The van der Waals surface area contributed by atoms with Crippen LogP contribution >= 0.6 is 23.1 Å². The number of ether oxygens (including phenoxy) is 2. The number of hydrogen-bond acceptors (Lipinski definition) is 9. The SMILES string of the molecule is CCn1c(CNC(=O)c2ccc(OC)c(OC)c2)nnc1SCC(=O)Nc1nc(-c2ccccc2)cs1. The highest BCUT2D eigenvalue weighted by Gasteiger charge is 2.16. The molecule has 2 aromatic carbocycles. The molecule has 2 amide bonds. The van der Waals surface area contributed by atoms with Crippen molar-refractivity contribution in [2.75, 3.05) is 25.3 Å². The van der Waals surface area contributed by atoms with E-state index in [1.165, 1.54) is 37.3 Å². The van der Waals surface area contributed by atoms with Crippen LogP contribution in [0.5, 0.6) is 11.5 Å². The fourth-order valence-electron chi connectivity index (χ4n) is 3.47. The Morgan fingerprint density at radius 1 is 1.05 bits per heavy atom. The number of carbonyl (C=O) groups is 2. The van der Waals surface area contributed by atoms with Gasteiger partial charge in [0.25, 0.3) is 5.91 Å². The Bertz CT molecular complexity index is 1370. The highest BCUT2D eigenvalue weighted by atomic mass is 32.2. The summed E-state index contributed by atoms with van der Waals surface area (Å²) in [6, 6.07) is 14.7. The molecule has 12 heteroatoms. The maximum Gasteiger partial charge on any atom is 0.251 e. The van der Waals surface area contributed by atoms with Gasteiger partial charge >= 0.3 is 0 Å². The third-order valence-corrected chi connectivity index (χ3v) is 7.04. The van der Waals surface area contributed by atoms with Crippen LogP contribution in [-0.2, 0) is 17.9 Å². The first kappa shape index (κ1) is 26.2. The zero-order valence-electron chi connectivity index (χ0n) is 20.6. The fraction of sp³-hybridized carbons (Fsp3) is 0.240. The van der Waals surface area contributed by atoms with Crippen molar-refractivity contribution < 1.29 is 19.1 Å². The molecule has 37 heavy (non-hydrogen) atoms. The van der Waals surface area contributed by atoms with Gasteiger partial charge in [0.15, 0.2) is 27.6 Å². The minimum atomic E-state index is -0.279. The number of hydrogen-bond donors (Lipinski definition) is 2. The number of amides is 2. The molecule has 0 aliphatic heterocycles. The van der Waals surface area contributed by atoms with Crippen molar-refractivity contribution in [2.24, 2.45) is 0 Å². The van der Waals surface area contributed by atoms with Gasteiger partial charge in [-0.25, -0.2) is 4.98 Å². The number of nitrogens with one attached hydrogen (secondary N) is 2. The first-order chi connectivity index (χ1) is 18.0. The van der Waals surface area contributed by atoms with Crippen LogP contribution < -0.4 is 20.1 Å². The molecule has 2 heterocycles. The van der Waals surface area contributed by atoms with Gasteiger partial charge in [0.2, 0.25) is 5.91 Å². The maximum atomic E-state index is 12.6. The average Bonchev–Trinajstić information content (AvgIpc) is 3.57. The highest BCUT2D eigenvalue weighted by Crippen LogP contribution is 2.28. The van der Waals surface area contributed by atoms with Crippen LogP contribution in [-0.4, -0.2) is 51.5 Å². The van der Waals surface area contributed by atoms with Crippen molar-refractivity contribution in [1.29, 1.82) is 0 Å². The fourth-order valence-corrected chi connectivity index (χ4v) is 5.03. The normalized spacial score (nSPS) is 10.7. The minimum Gasteiger partial charge on any atom is -0.493 e. The second kappa shape index (κ2) is 12.4. The molecule has 0 saturated heterocycles. The number of carbonyl (C=O) groups excluding carboxylic acids is 2.